The van der Waals surface area contributed by atoms with Crippen LogP contribution in [0.2, 0.25) is 0 Å². The number of carbonyl (C=O) groups excluding carboxylic acids is 2. The van der Waals surface area contributed by atoms with Gasteiger partial charge in [-0.3, -0.25) is 0 Å². The van der Waals surface area contributed by atoms with Crippen LogP contribution in [0.5, 0.6) is 0 Å². The molecule has 0 unspecified atom stereocenters. The molecule has 0 heterocycles. The molecule has 0 aromatic rings. The molecule has 2 saturated carbocycles. The van der Waals surface area contributed by atoms with Gasteiger partial charge in [-0.05, 0) is 25.7 Å². The van der Waals surface area contributed by atoms with Crippen LogP contribution in [0.25, 0.3) is 0 Å². The van der Waals surface area contributed by atoms with Crippen molar-refractivity contribution in [3.8, 4) is 0 Å². The van der Waals surface area contributed by atoms with Crippen LogP contribution in [-0.2, 0) is 19.1 Å². The van der Waals surface area contributed by atoms with Crippen LogP contribution in [0, 0.1) is 10.8 Å². The molecule has 2 spiro atoms. The fourth-order valence-electron chi connectivity index (χ4n) is 2.90. The van der Waals surface area contributed by atoms with Crippen molar-refractivity contribution >= 4 is 11.9 Å². The highest BCUT2D eigenvalue weighted by molar-refractivity contribution is 6.04. The summed E-state index contributed by atoms with van der Waals surface area (Å²) in [6, 6.07) is 0. The summed E-state index contributed by atoms with van der Waals surface area (Å²) in [7, 11) is 2.72. The van der Waals surface area contributed by atoms with E-state index >= 15 is 0 Å². The average molecular weight is 248 g/mol. The molecule has 0 atom stereocenters. The van der Waals surface area contributed by atoms with E-state index in [2.05, 4.69) is 12.2 Å². The van der Waals surface area contributed by atoms with E-state index in [1.165, 1.54) is 14.2 Å². The Hall–Kier alpha value is -1.58. The zero-order valence-electron chi connectivity index (χ0n) is 10.6. The van der Waals surface area contributed by atoms with Crippen molar-refractivity contribution in [3.05, 3.63) is 23.3 Å². The molecular formula is C14H16O4. The molecule has 0 aliphatic heterocycles. The Kier molecular flexibility index (Phi) is 2.22. The topological polar surface area (TPSA) is 52.6 Å². The Morgan fingerprint density at radius 2 is 1.22 bits per heavy atom. The Labute approximate surface area is 106 Å². The van der Waals surface area contributed by atoms with Crippen LogP contribution >= 0.6 is 0 Å². The standard InChI is InChI=1S/C14H16O4/c1-17-11(15)9-10(12(16)18-2)14(5-6-14)8-7-13(9)3-4-13/h7-8H,3-6H2,1-2H3. The van der Waals surface area contributed by atoms with Gasteiger partial charge in [0.1, 0.15) is 0 Å². The van der Waals surface area contributed by atoms with Crippen LogP contribution in [0.4, 0.5) is 0 Å². The van der Waals surface area contributed by atoms with E-state index in [0.29, 0.717) is 11.1 Å². The first-order valence-corrected chi connectivity index (χ1v) is 6.21. The lowest BCUT2D eigenvalue weighted by atomic mass is 9.77. The minimum atomic E-state index is -0.386. The summed E-state index contributed by atoms with van der Waals surface area (Å²) < 4.78 is 9.75. The Morgan fingerprint density at radius 1 is 0.889 bits per heavy atom. The molecule has 0 radical (unpaired) electrons. The molecule has 3 rings (SSSR count). The first-order chi connectivity index (χ1) is 8.58. The summed E-state index contributed by atoms with van der Waals surface area (Å²) in [6.45, 7) is 0. The van der Waals surface area contributed by atoms with Gasteiger partial charge in [0.05, 0.1) is 25.4 Å². The normalized spacial score (nSPS) is 25.2. The van der Waals surface area contributed by atoms with Gasteiger partial charge in [0.25, 0.3) is 0 Å². The molecule has 0 N–H and O–H groups in total. The number of hydrogen-bond acceptors (Lipinski definition) is 4. The van der Waals surface area contributed by atoms with E-state index in [1.807, 2.05) is 0 Å². The van der Waals surface area contributed by atoms with Crippen molar-refractivity contribution in [1.29, 1.82) is 0 Å². The SMILES string of the molecule is COC(=O)C1=C(C(=O)OC)C2(C=CC13CC3)CC2. The smallest absolute Gasteiger partial charge is 0.335 e. The number of carbonyl (C=O) groups is 2. The van der Waals surface area contributed by atoms with Gasteiger partial charge in [-0.25, -0.2) is 9.59 Å². The Morgan fingerprint density at radius 3 is 1.44 bits per heavy atom. The first kappa shape index (κ1) is 11.5. The van der Waals surface area contributed by atoms with E-state index in [4.69, 9.17) is 9.47 Å². The molecule has 2 fully saturated rings. The van der Waals surface area contributed by atoms with Crippen LogP contribution in [0.3, 0.4) is 0 Å². The van der Waals surface area contributed by atoms with Crippen molar-refractivity contribution in [2.75, 3.05) is 14.2 Å². The first-order valence-electron chi connectivity index (χ1n) is 6.21. The quantitative estimate of drug-likeness (QED) is 0.552. The van der Waals surface area contributed by atoms with Gasteiger partial charge in [-0.1, -0.05) is 12.2 Å². The maximum Gasteiger partial charge on any atom is 0.335 e. The van der Waals surface area contributed by atoms with Gasteiger partial charge in [0.15, 0.2) is 0 Å². The van der Waals surface area contributed by atoms with Crippen LogP contribution in [-0.4, -0.2) is 26.2 Å². The molecule has 96 valence electrons. The van der Waals surface area contributed by atoms with Gasteiger partial charge in [0, 0.05) is 10.8 Å². The Balaban J connectivity index is 2.16. The number of hydrogen-bond donors (Lipinski definition) is 0. The third-order valence-corrected chi connectivity index (χ3v) is 4.32. The monoisotopic (exact) mass is 248 g/mol. The van der Waals surface area contributed by atoms with Gasteiger partial charge in [-0.2, -0.15) is 0 Å². The van der Waals surface area contributed by atoms with Crippen LogP contribution in [0.15, 0.2) is 23.3 Å². The molecule has 0 amide bonds. The fraction of sp³-hybridized carbons (Fsp3) is 0.571. The second kappa shape index (κ2) is 3.46. The minimum Gasteiger partial charge on any atom is -0.466 e. The zero-order chi connectivity index (χ0) is 13.0. The van der Waals surface area contributed by atoms with E-state index in [9.17, 15) is 9.59 Å². The van der Waals surface area contributed by atoms with Crippen molar-refractivity contribution < 1.29 is 19.1 Å². The van der Waals surface area contributed by atoms with E-state index in [1.54, 1.807) is 0 Å². The summed E-state index contributed by atoms with van der Waals surface area (Å²) in [4.78, 5) is 24.1. The predicted octanol–water partition coefficient (Wildman–Crippen LogP) is 1.76. The lowest BCUT2D eigenvalue weighted by Crippen LogP contribution is -2.28. The van der Waals surface area contributed by atoms with Crippen molar-refractivity contribution in [1.82, 2.24) is 0 Å². The molecular weight excluding hydrogens is 232 g/mol. The second-order valence-corrected chi connectivity index (χ2v) is 5.38. The molecule has 0 bridgehead atoms. The molecule has 0 aromatic heterocycles. The lowest BCUT2D eigenvalue weighted by molar-refractivity contribution is -0.140. The summed E-state index contributed by atoms with van der Waals surface area (Å²) in [5.41, 5.74) is 0.559. The lowest BCUT2D eigenvalue weighted by Gasteiger charge is -2.27. The highest BCUT2D eigenvalue weighted by Gasteiger charge is 2.59. The third-order valence-electron chi connectivity index (χ3n) is 4.32. The van der Waals surface area contributed by atoms with Gasteiger partial charge in [-0.15, -0.1) is 0 Å². The number of methoxy groups -OCH3 is 2. The average Bonchev–Trinajstić information content (AvgIpc) is 3.27. The summed E-state index contributed by atoms with van der Waals surface area (Å²) in [6.07, 6.45) is 7.82. The molecule has 4 nitrogen and oxygen atoms in total. The molecule has 0 saturated heterocycles. The summed E-state index contributed by atoms with van der Waals surface area (Å²) >= 11 is 0. The Bertz CT molecular complexity index is 446. The van der Waals surface area contributed by atoms with E-state index in [0.717, 1.165) is 25.7 Å². The van der Waals surface area contributed by atoms with E-state index < -0.39 is 0 Å². The van der Waals surface area contributed by atoms with Gasteiger partial charge in [0.2, 0.25) is 0 Å². The maximum absolute atomic E-state index is 12.0. The van der Waals surface area contributed by atoms with E-state index in [-0.39, 0.29) is 22.8 Å². The zero-order valence-corrected chi connectivity index (χ0v) is 10.6. The molecule has 0 aromatic carbocycles. The highest BCUT2D eigenvalue weighted by atomic mass is 16.5. The molecule has 18 heavy (non-hydrogen) atoms. The molecule has 3 aliphatic rings. The molecule has 3 aliphatic carbocycles. The van der Waals surface area contributed by atoms with Gasteiger partial charge >= 0.3 is 11.9 Å². The van der Waals surface area contributed by atoms with Crippen LogP contribution < -0.4 is 0 Å². The minimum absolute atomic E-state index is 0.259. The second-order valence-electron chi connectivity index (χ2n) is 5.38. The summed E-state index contributed by atoms with van der Waals surface area (Å²) in [5.74, 6) is -0.771. The van der Waals surface area contributed by atoms with Gasteiger partial charge < -0.3 is 9.47 Å². The number of ether oxygens (including phenoxy) is 2. The fourth-order valence-corrected chi connectivity index (χ4v) is 2.90. The molecule has 4 heteroatoms. The number of allylic oxidation sites excluding steroid dienone is 2. The van der Waals surface area contributed by atoms with Crippen molar-refractivity contribution in [2.24, 2.45) is 10.8 Å². The highest BCUT2D eigenvalue weighted by Crippen LogP contribution is 2.65. The van der Waals surface area contributed by atoms with Crippen LogP contribution in [0.1, 0.15) is 25.7 Å². The van der Waals surface area contributed by atoms with Crippen molar-refractivity contribution in [3.63, 3.8) is 0 Å². The largest absolute Gasteiger partial charge is 0.466 e. The summed E-state index contributed by atoms with van der Waals surface area (Å²) in [5, 5.41) is 0. The number of rotatable bonds is 2. The maximum atomic E-state index is 12.0. The van der Waals surface area contributed by atoms with Crippen molar-refractivity contribution in [2.45, 2.75) is 25.7 Å². The number of esters is 2. The predicted molar refractivity (Wildman–Crippen MR) is 63.5 cm³/mol. The third kappa shape index (κ3) is 1.38.